The molecule has 6 aromatic carbocycles. The van der Waals surface area contributed by atoms with E-state index in [1.807, 2.05) is 83.4 Å². The topological polar surface area (TPSA) is 68.3 Å². The highest BCUT2D eigenvalue weighted by molar-refractivity contribution is 7.34. The normalized spacial score (nSPS) is 18.3. The Labute approximate surface area is 418 Å². The number of fused-ring (bicyclic) bond motifs is 19. The first-order chi connectivity index (χ1) is 34.2. The molecule has 0 atom stereocenters. The molecule has 6 aliphatic carbocycles. The lowest BCUT2D eigenvalue weighted by Crippen LogP contribution is -2.28. The average molecular weight is 977 g/mol. The molecule has 6 aliphatic rings. The van der Waals surface area contributed by atoms with Crippen molar-refractivity contribution >= 4 is 133 Å². The first-order valence-corrected chi connectivity index (χ1v) is 28.0. The highest BCUT2D eigenvalue weighted by Gasteiger charge is 2.53. The first-order valence-electron chi connectivity index (χ1n) is 24.7. The van der Waals surface area contributed by atoms with Gasteiger partial charge in [0.05, 0.1) is 30.3 Å². The number of thiophene rings is 4. The Balaban J connectivity index is 0.792. The lowest BCUT2D eigenvalue weighted by Gasteiger charge is -2.35. The number of ketones is 4. The molecule has 4 aromatic heterocycles. The van der Waals surface area contributed by atoms with E-state index in [2.05, 4.69) is 60.7 Å². The van der Waals surface area contributed by atoms with Crippen molar-refractivity contribution in [2.45, 2.75) is 75.0 Å². The second-order valence-corrected chi connectivity index (χ2v) is 24.9. The summed E-state index contributed by atoms with van der Waals surface area (Å²) in [5.74, 6) is -0.713. The molecule has 16 rings (SSSR count). The van der Waals surface area contributed by atoms with Crippen molar-refractivity contribution in [1.82, 2.24) is 0 Å². The number of hydrogen-bond donors (Lipinski definition) is 0. The lowest BCUT2D eigenvalue weighted by molar-refractivity contribution is 0.0975. The zero-order valence-corrected chi connectivity index (χ0v) is 41.2. The van der Waals surface area contributed by atoms with E-state index in [1.54, 1.807) is 22.7 Å². The van der Waals surface area contributed by atoms with Gasteiger partial charge in [-0.05, 0) is 153 Å². The Morgan fingerprint density at radius 1 is 0.357 bits per heavy atom. The second kappa shape index (κ2) is 14.1. The second-order valence-electron chi connectivity index (χ2n) is 20.7. The van der Waals surface area contributed by atoms with Crippen LogP contribution in [-0.4, -0.2) is 23.1 Å². The summed E-state index contributed by atoms with van der Waals surface area (Å²) in [6.45, 7) is 0. The largest absolute Gasteiger partial charge is 0.288 e. The van der Waals surface area contributed by atoms with Crippen LogP contribution in [0.2, 0.25) is 0 Å². The minimum Gasteiger partial charge on any atom is -0.288 e. The van der Waals surface area contributed by atoms with Crippen LogP contribution in [-0.2, 0) is 10.8 Å². The Hall–Kier alpha value is -6.42. The molecule has 0 N–H and O–H groups in total. The predicted molar refractivity (Wildman–Crippen MR) is 290 cm³/mol. The standard InChI is InChI=1S/C62H40O4S4/c63-51-41-23-35-19-31-11-3-4-12-32(31)20-36(35)24-42(41)52(64)45(51)27-39-29-47-55(67-39)57-49(61(47)15-7-1-8-16-61)59-60(69-57)50-58(70-59)56-48(62(50)17-9-2-10-18-62)30-40(68-56)28-46-53(65)43-25-37-21-33-13-5-6-14-34(33)22-38(37)26-44(43)54(46)66/h3-6,11-14,19-30H,1-2,7-10,15-18H2. The summed E-state index contributed by atoms with van der Waals surface area (Å²) >= 11 is 7.51. The molecule has 4 nitrogen and oxygen atoms in total. The Morgan fingerprint density at radius 3 is 1.01 bits per heavy atom. The molecule has 0 unspecified atom stereocenters. The number of allylic oxidation sites excluding steroid dienone is 2. The fourth-order valence-corrected chi connectivity index (χ4v) is 19.8. The third kappa shape index (κ3) is 5.24. The summed E-state index contributed by atoms with van der Waals surface area (Å²) in [6.07, 6.45) is 15.4. The van der Waals surface area contributed by atoms with Crippen LogP contribution >= 0.6 is 45.3 Å². The van der Waals surface area contributed by atoms with Crippen LogP contribution < -0.4 is 0 Å². The monoisotopic (exact) mass is 976 g/mol. The van der Waals surface area contributed by atoms with Crippen molar-refractivity contribution in [2.75, 3.05) is 0 Å². The van der Waals surface area contributed by atoms with Crippen molar-refractivity contribution < 1.29 is 19.2 Å². The third-order valence-electron chi connectivity index (χ3n) is 17.1. The maximum Gasteiger partial charge on any atom is 0.197 e. The summed E-state index contributed by atoms with van der Waals surface area (Å²) in [5, 5.41) is 8.35. The summed E-state index contributed by atoms with van der Waals surface area (Å²) in [6, 6.07) is 37.2. The van der Waals surface area contributed by atoms with E-state index in [4.69, 9.17) is 0 Å². The average Bonchev–Trinajstić information content (AvgIpc) is 4.27. The zero-order chi connectivity index (χ0) is 46.4. The molecule has 0 saturated heterocycles. The quantitative estimate of drug-likeness (QED) is 0.0983. The zero-order valence-electron chi connectivity index (χ0n) is 37.9. The molecule has 2 saturated carbocycles. The van der Waals surface area contributed by atoms with Crippen LogP contribution in [0.25, 0.3) is 84.2 Å². The van der Waals surface area contributed by atoms with Crippen molar-refractivity contribution in [3.63, 3.8) is 0 Å². The van der Waals surface area contributed by atoms with Crippen LogP contribution in [0.3, 0.4) is 0 Å². The van der Waals surface area contributed by atoms with Crippen LogP contribution in [0.15, 0.2) is 120 Å². The van der Waals surface area contributed by atoms with E-state index in [0.29, 0.717) is 22.3 Å². The first kappa shape index (κ1) is 40.3. The molecular formula is C62H40O4S4. The van der Waals surface area contributed by atoms with Gasteiger partial charge in [0.25, 0.3) is 0 Å². The molecule has 336 valence electrons. The minimum atomic E-state index is -0.178. The molecule has 0 bridgehead atoms. The van der Waals surface area contributed by atoms with Gasteiger partial charge in [0.15, 0.2) is 23.1 Å². The number of carbonyl (C=O) groups is 4. The number of Topliss-reactive ketones (excluding diaryl/α,β-unsaturated/α-hetero) is 4. The SMILES string of the molecule is O=C1C(=Cc2cc3c(s2)-c2sc4c5c(sc4c2C32CCCCC2)-c2sc(C=C3C(=O)c4cc6cc7ccccc7cc6cc4C3=O)cc2C52CCCCC2)C(=O)c2cc3cc4ccccc4cc3cc21. The smallest absolute Gasteiger partial charge is 0.197 e. The van der Waals surface area contributed by atoms with Gasteiger partial charge in [0, 0.05) is 63.7 Å². The van der Waals surface area contributed by atoms with Gasteiger partial charge < -0.3 is 0 Å². The molecule has 2 fully saturated rings. The Kier molecular flexibility index (Phi) is 8.14. The summed E-state index contributed by atoms with van der Waals surface area (Å²) in [7, 11) is 0. The Bertz CT molecular complexity index is 3800. The number of rotatable bonds is 2. The van der Waals surface area contributed by atoms with E-state index in [9.17, 15) is 19.2 Å². The van der Waals surface area contributed by atoms with E-state index in [1.165, 1.54) is 89.7 Å². The molecule has 0 amide bonds. The van der Waals surface area contributed by atoms with Crippen LogP contribution in [0.5, 0.6) is 0 Å². The maximum atomic E-state index is 14.1. The van der Waals surface area contributed by atoms with Crippen molar-refractivity contribution in [1.29, 1.82) is 0 Å². The van der Waals surface area contributed by atoms with E-state index >= 15 is 0 Å². The summed E-state index contributed by atoms with van der Waals surface area (Å²) in [4.78, 5) is 64.0. The van der Waals surface area contributed by atoms with Gasteiger partial charge in [-0.3, -0.25) is 19.2 Å². The summed E-state index contributed by atoms with van der Waals surface area (Å²) in [5.41, 5.74) is 8.20. The molecule has 0 radical (unpaired) electrons. The number of hydrogen-bond acceptors (Lipinski definition) is 8. The molecule has 2 spiro atoms. The van der Waals surface area contributed by atoms with Gasteiger partial charge in [-0.1, -0.05) is 87.1 Å². The lowest BCUT2D eigenvalue weighted by atomic mass is 9.67. The maximum absolute atomic E-state index is 14.1. The summed E-state index contributed by atoms with van der Waals surface area (Å²) < 4.78 is 2.90. The van der Waals surface area contributed by atoms with E-state index in [0.717, 1.165) is 78.5 Å². The van der Waals surface area contributed by atoms with Gasteiger partial charge in [-0.15, -0.1) is 45.3 Å². The van der Waals surface area contributed by atoms with Gasteiger partial charge in [-0.2, -0.15) is 0 Å². The predicted octanol–water partition coefficient (Wildman–Crippen LogP) is 17.1. The highest BCUT2D eigenvalue weighted by Crippen LogP contribution is 2.69. The minimum absolute atomic E-state index is 0.0945. The number of carbonyl (C=O) groups excluding carboxylic acids is 4. The van der Waals surface area contributed by atoms with Gasteiger partial charge in [0.1, 0.15) is 0 Å². The van der Waals surface area contributed by atoms with E-state index in [-0.39, 0.29) is 45.1 Å². The molecule has 0 aliphatic heterocycles. The fraction of sp³-hybridized carbons (Fsp3) is 0.194. The van der Waals surface area contributed by atoms with Crippen LogP contribution in [0.4, 0.5) is 0 Å². The van der Waals surface area contributed by atoms with Gasteiger partial charge in [0.2, 0.25) is 0 Å². The fourth-order valence-electron chi connectivity index (χ4n) is 13.8. The van der Waals surface area contributed by atoms with E-state index < -0.39 is 0 Å². The highest BCUT2D eigenvalue weighted by atomic mass is 32.1. The molecule has 8 heteroatoms. The van der Waals surface area contributed by atoms with Crippen LogP contribution in [0, 0.1) is 0 Å². The van der Waals surface area contributed by atoms with Gasteiger partial charge in [-0.25, -0.2) is 0 Å². The van der Waals surface area contributed by atoms with Gasteiger partial charge >= 0.3 is 0 Å². The molecular weight excluding hydrogens is 937 g/mol. The molecule has 4 heterocycles. The molecule has 70 heavy (non-hydrogen) atoms. The van der Waals surface area contributed by atoms with Crippen molar-refractivity contribution in [3.05, 3.63) is 175 Å². The molecule has 10 aromatic rings. The van der Waals surface area contributed by atoms with Crippen LogP contribution in [0.1, 0.15) is 138 Å². The van der Waals surface area contributed by atoms with Crippen molar-refractivity contribution in [2.24, 2.45) is 0 Å². The Morgan fingerprint density at radius 2 is 0.686 bits per heavy atom. The van der Waals surface area contributed by atoms with Crippen molar-refractivity contribution in [3.8, 4) is 19.5 Å². The third-order valence-corrected chi connectivity index (χ3v) is 22.1. The number of benzene rings is 6.